The summed E-state index contributed by atoms with van der Waals surface area (Å²) in [5.41, 5.74) is 1.72. The van der Waals surface area contributed by atoms with Gasteiger partial charge in [-0.25, -0.2) is 9.07 Å². The van der Waals surface area contributed by atoms with Crippen molar-refractivity contribution in [2.24, 2.45) is 0 Å². The normalized spacial score (nSPS) is 15.6. The molecule has 1 aliphatic rings. The minimum atomic E-state index is -0.271. The molecule has 0 aliphatic carbocycles. The van der Waals surface area contributed by atoms with Crippen LogP contribution in [-0.4, -0.2) is 34.0 Å². The van der Waals surface area contributed by atoms with Crippen LogP contribution in [0.25, 0.3) is 0 Å². The average Bonchev–Trinajstić information content (AvgIpc) is 3.06. The first-order valence-electron chi connectivity index (χ1n) is 7.79. The Bertz CT molecular complexity index is 694. The molecular weight excluding hydrogens is 297 g/mol. The van der Waals surface area contributed by atoms with E-state index in [0.29, 0.717) is 23.8 Å². The van der Waals surface area contributed by atoms with Crippen LogP contribution in [0.1, 0.15) is 40.5 Å². The molecule has 1 aromatic heterocycles. The van der Waals surface area contributed by atoms with Crippen molar-refractivity contribution in [1.29, 1.82) is 0 Å². The van der Waals surface area contributed by atoms with Gasteiger partial charge in [-0.1, -0.05) is 17.3 Å². The number of halogens is 1. The van der Waals surface area contributed by atoms with Crippen LogP contribution in [0.4, 0.5) is 4.39 Å². The summed E-state index contributed by atoms with van der Waals surface area (Å²) in [6.45, 7) is 3.94. The fourth-order valence-corrected chi connectivity index (χ4v) is 2.72. The number of nitrogens with one attached hydrogen (secondary N) is 2. The molecule has 7 heteroatoms. The number of aromatic nitrogens is 3. The molecule has 23 heavy (non-hydrogen) atoms. The lowest BCUT2D eigenvalue weighted by molar-refractivity contribution is 0.0946. The second-order valence-electron chi connectivity index (χ2n) is 5.83. The average molecular weight is 317 g/mol. The third-order valence-electron chi connectivity index (χ3n) is 4.10. The Labute approximate surface area is 134 Å². The summed E-state index contributed by atoms with van der Waals surface area (Å²) in [5, 5.41) is 14.1. The van der Waals surface area contributed by atoms with Crippen molar-refractivity contribution in [2.75, 3.05) is 13.1 Å². The van der Waals surface area contributed by atoms with Crippen molar-refractivity contribution in [2.45, 2.75) is 32.4 Å². The Morgan fingerprint density at radius 2 is 2.22 bits per heavy atom. The monoisotopic (exact) mass is 317 g/mol. The predicted octanol–water partition coefficient (Wildman–Crippen LogP) is 1.58. The van der Waals surface area contributed by atoms with E-state index < -0.39 is 0 Å². The summed E-state index contributed by atoms with van der Waals surface area (Å²) < 4.78 is 15.0. The highest BCUT2D eigenvalue weighted by molar-refractivity contribution is 5.91. The zero-order valence-corrected chi connectivity index (χ0v) is 13.1. The van der Waals surface area contributed by atoms with Gasteiger partial charge in [0.05, 0.1) is 12.2 Å². The van der Waals surface area contributed by atoms with E-state index in [0.717, 1.165) is 31.5 Å². The Hall–Kier alpha value is -2.28. The maximum Gasteiger partial charge on any atom is 0.273 e. The molecule has 1 aliphatic heterocycles. The first-order valence-corrected chi connectivity index (χ1v) is 7.79. The molecule has 1 amide bonds. The van der Waals surface area contributed by atoms with Crippen LogP contribution in [-0.2, 0) is 6.54 Å². The molecule has 1 aromatic carbocycles. The zero-order chi connectivity index (χ0) is 16.2. The van der Waals surface area contributed by atoms with E-state index in [4.69, 9.17) is 0 Å². The molecule has 0 unspecified atom stereocenters. The van der Waals surface area contributed by atoms with Crippen molar-refractivity contribution in [1.82, 2.24) is 25.6 Å². The van der Waals surface area contributed by atoms with Crippen LogP contribution in [0.15, 0.2) is 24.4 Å². The maximum atomic E-state index is 13.2. The Morgan fingerprint density at radius 3 is 2.96 bits per heavy atom. The van der Waals surface area contributed by atoms with Crippen LogP contribution in [0.2, 0.25) is 0 Å². The minimum absolute atomic E-state index is 0.245. The number of amides is 1. The van der Waals surface area contributed by atoms with Gasteiger partial charge in [0.1, 0.15) is 5.82 Å². The standard InChI is InChI=1S/C16H20FN5O/c1-11-8-12(2-3-14(11)17)9-19-16(23)15-10-22(21-20-15)13-4-6-18-7-5-13/h2-3,8,10,13,18H,4-7,9H2,1H3,(H,19,23). The summed E-state index contributed by atoms with van der Waals surface area (Å²) >= 11 is 0. The number of carbonyl (C=O) groups excluding carboxylic acids is 1. The lowest BCUT2D eigenvalue weighted by Crippen LogP contribution is -2.29. The van der Waals surface area contributed by atoms with Crippen LogP contribution in [0.3, 0.4) is 0 Å². The van der Waals surface area contributed by atoms with E-state index in [2.05, 4.69) is 20.9 Å². The molecule has 0 bridgehead atoms. The second kappa shape index (κ2) is 6.87. The zero-order valence-electron chi connectivity index (χ0n) is 13.1. The van der Waals surface area contributed by atoms with Gasteiger partial charge in [0.15, 0.2) is 5.69 Å². The highest BCUT2D eigenvalue weighted by Gasteiger charge is 2.18. The molecule has 2 heterocycles. The number of benzene rings is 1. The fourth-order valence-electron chi connectivity index (χ4n) is 2.72. The molecule has 0 saturated carbocycles. The summed E-state index contributed by atoms with van der Waals surface area (Å²) in [7, 11) is 0. The van der Waals surface area contributed by atoms with E-state index in [1.54, 1.807) is 29.9 Å². The molecule has 0 atom stereocenters. The van der Waals surface area contributed by atoms with Crippen LogP contribution < -0.4 is 10.6 Å². The Morgan fingerprint density at radius 1 is 1.43 bits per heavy atom. The molecule has 122 valence electrons. The molecule has 3 rings (SSSR count). The van der Waals surface area contributed by atoms with E-state index >= 15 is 0 Å². The van der Waals surface area contributed by atoms with Gasteiger partial charge in [-0.3, -0.25) is 4.79 Å². The lowest BCUT2D eigenvalue weighted by Gasteiger charge is -2.22. The molecule has 1 saturated heterocycles. The number of hydrogen-bond acceptors (Lipinski definition) is 4. The van der Waals surface area contributed by atoms with Crippen molar-refractivity contribution in [3.63, 3.8) is 0 Å². The van der Waals surface area contributed by atoms with Gasteiger partial charge < -0.3 is 10.6 Å². The Balaban J connectivity index is 1.59. The number of piperidine rings is 1. The van der Waals surface area contributed by atoms with E-state index in [1.807, 2.05) is 0 Å². The van der Waals surface area contributed by atoms with Gasteiger partial charge in [-0.15, -0.1) is 5.10 Å². The smallest absolute Gasteiger partial charge is 0.273 e. The van der Waals surface area contributed by atoms with E-state index in [1.165, 1.54) is 6.07 Å². The van der Waals surface area contributed by atoms with Crippen molar-refractivity contribution in [3.8, 4) is 0 Å². The number of aryl methyl sites for hydroxylation is 1. The molecule has 2 aromatic rings. The maximum absolute atomic E-state index is 13.2. The van der Waals surface area contributed by atoms with E-state index in [9.17, 15) is 9.18 Å². The van der Waals surface area contributed by atoms with Crippen molar-refractivity contribution in [3.05, 3.63) is 47.0 Å². The van der Waals surface area contributed by atoms with Crippen molar-refractivity contribution >= 4 is 5.91 Å². The predicted molar refractivity (Wildman–Crippen MR) is 83.5 cm³/mol. The third-order valence-corrected chi connectivity index (χ3v) is 4.10. The number of rotatable bonds is 4. The number of nitrogens with zero attached hydrogens (tertiary/aromatic N) is 3. The number of carbonyl (C=O) groups is 1. The highest BCUT2D eigenvalue weighted by Crippen LogP contribution is 2.17. The Kier molecular flexibility index (Phi) is 4.66. The van der Waals surface area contributed by atoms with Crippen LogP contribution in [0, 0.1) is 12.7 Å². The largest absolute Gasteiger partial charge is 0.347 e. The minimum Gasteiger partial charge on any atom is -0.347 e. The molecule has 0 spiro atoms. The first kappa shape index (κ1) is 15.6. The summed E-state index contributed by atoms with van der Waals surface area (Å²) in [4.78, 5) is 12.2. The quantitative estimate of drug-likeness (QED) is 0.898. The van der Waals surface area contributed by atoms with Gasteiger partial charge in [0.2, 0.25) is 0 Å². The summed E-state index contributed by atoms with van der Waals surface area (Å²) in [6, 6.07) is 5.09. The third kappa shape index (κ3) is 3.73. The van der Waals surface area contributed by atoms with Gasteiger partial charge in [0, 0.05) is 6.54 Å². The molecule has 2 N–H and O–H groups in total. The molecule has 6 nitrogen and oxygen atoms in total. The van der Waals surface area contributed by atoms with Gasteiger partial charge in [-0.05, 0) is 50.0 Å². The topological polar surface area (TPSA) is 71.8 Å². The lowest BCUT2D eigenvalue weighted by atomic mass is 10.1. The second-order valence-corrected chi connectivity index (χ2v) is 5.83. The fraction of sp³-hybridized carbons (Fsp3) is 0.438. The van der Waals surface area contributed by atoms with Crippen LogP contribution >= 0.6 is 0 Å². The van der Waals surface area contributed by atoms with Gasteiger partial charge in [-0.2, -0.15) is 0 Å². The molecule has 1 fully saturated rings. The summed E-state index contributed by atoms with van der Waals surface area (Å²) in [6.07, 6.45) is 3.67. The number of hydrogen-bond donors (Lipinski definition) is 2. The van der Waals surface area contributed by atoms with Crippen molar-refractivity contribution < 1.29 is 9.18 Å². The molecule has 0 radical (unpaired) electrons. The van der Waals surface area contributed by atoms with E-state index in [-0.39, 0.29) is 11.7 Å². The molecular formula is C16H20FN5O. The SMILES string of the molecule is Cc1cc(CNC(=O)c2cn(C3CCNCC3)nn2)ccc1F. The highest BCUT2D eigenvalue weighted by atomic mass is 19.1. The first-order chi connectivity index (χ1) is 11.1. The summed E-state index contributed by atoms with van der Waals surface area (Å²) in [5.74, 6) is -0.517. The van der Waals surface area contributed by atoms with Crippen LogP contribution in [0.5, 0.6) is 0 Å². The van der Waals surface area contributed by atoms with Gasteiger partial charge in [0.25, 0.3) is 5.91 Å². The van der Waals surface area contributed by atoms with Gasteiger partial charge >= 0.3 is 0 Å².